The zero-order valence-electron chi connectivity index (χ0n) is 16.2. The van der Waals surface area contributed by atoms with E-state index in [1.165, 1.54) is 16.0 Å². The van der Waals surface area contributed by atoms with Crippen LogP contribution in [0.1, 0.15) is 24.0 Å². The van der Waals surface area contributed by atoms with E-state index < -0.39 is 0 Å². The Morgan fingerprint density at radius 1 is 1.38 bits per heavy atom. The highest BCUT2D eigenvalue weighted by molar-refractivity contribution is 7.98. The minimum Gasteiger partial charge on any atom is -0.376 e. The van der Waals surface area contributed by atoms with E-state index in [0.717, 1.165) is 19.4 Å². The fourth-order valence-electron chi connectivity index (χ4n) is 2.65. The lowest BCUT2D eigenvalue weighted by molar-refractivity contribution is -0.127. The second kappa shape index (κ2) is 10.4. The molecule has 1 unspecified atom stereocenters. The van der Waals surface area contributed by atoms with Crippen LogP contribution >= 0.6 is 11.8 Å². The summed E-state index contributed by atoms with van der Waals surface area (Å²) in [7, 11) is 3.50. The lowest BCUT2D eigenvalue weighted by Crippen LogP contribution is -2.45. The van der Waals surface area contributed by atoms with Gasteiger partial charge < -0.3 is 20.3 Å². The number of likely N-dealkylation sites (N-methyl/N-ethyl adjacent to an activating group) is 1. The highest BCUT2D eigenvalue weighted by Crippen LogP contribution is 2.22. The molecule has 1 heterocycles. The quantitative estimate of drug-likeness (QED) is 0.432. The molecule has 1 fully saturated rings. The molecule has 1 atom stereocenters. The van der Waals surface area contributed by atoms with Crippen LogP contribution in [0.2, 0.25) is 0 Å². The van der Waals surface area contributed by atoms with Crippen LogP contribution in [0.25, 0.3) is 0 Å². The standard InChI is InChI=1S/C19H30N4O2S/c1-14-7-8-15(17(10-14)26-4)11-20-19(22-13-18(24)23(2)3)21-12-16-6-5-9-25-16/h7-8,10,16H,5-6,9,11-13H2,1-4H3,(H2,20,21,22). The van der Waals surface area contributed by atoms with E-state index in [1.54, 1.807) is 30.8 Å². The average molecular weight is 379 g/mol. The number of carbonyl (C=O) groups is 1. The van der Waals surface area contributed by atoms with E-state index in [0.29, 0.717) is 19.0 Å². The van der Waals surface area contributed by atoms with Crippen molar-refractivity contribution < 1.29 is 9.53 Å². The van der Waals surface area contributed by atoms with Crippen molar-refractivity contribution in [2.24, 2.45) is 4.99 Å². The molecule has 0 spiro atoms. The average Bonchev–Trinajstić information content (AvgIpc) is 3.14. The number of guanidine groups is 1. The van der Waals surface area contributed by atoms with E-state index in [1.807, 2.05) is 0 Å². The third-order valence-electron chi connectivity index (χ3n) is 4.28. The van der Waals surface area contributed by atoms with Crippen molar-refractivity contribution in [2.45, 2.75) is 37.3 Å². The first-order chi connectivity index (χ1) is 12.5. The van der Waals surface area contributed by atoms with Gasteiger partial charge in [-0.1, -0.05) is 12.1 Å². The van der Waals surface area contributed by atoms with Gasteiger partial charge in [0.15, 0.2) is 5.96 Å². The van der Waals surface area contributed by atoms with Gasteiger partial charge in [-0.15, -0.1) is 11.8 Å². The maximum Gasteiger partial charge on any atom is 0.241 e. The molecule has 26 heavy (non-hydrogen) atoms. The molecule has 7 heteroatoms. The number of aliphatic imine (C=N–C) groups is 1. The van der Waals surface area contributed by atoms with Gasteiger partial charge >= 0.3 is 0 Å². The van der Waals surface area contributed by atoms with E-state index in [-0.39, 0.29) is 18.6 Å². The Hall–Kier alpha value is -1.73. The third kappa shape index (κ3) is 6.53. The number of nitrogens with one attached hydrogen (secondary N) is 2. The molecule has 1 aliphatic rings. The smallest absolute Gasteiger partial charge is 0.241 e. The molecule has 1 aromatic carbocycles. The molecule has 6 nitrogen and oxygen atoms in total. The Labute approximate surface area is 160 Å². The van der Waals surface area contributed by atoms with E-state index in [4.69, 9.17) is 4.74 Å². The van der Waals surface area contributed by atoms with Gasteiger partial charge in [0.2, 0.25) is 5.91 Å². The zero-order chi connectivity index (χ0) is 18.9. The predicted octanol–water partition coefficient (Wildman–Crippen LogP) is 2.02. The van der Waals surface area contributed by atoms with Crippen LogP contribution in [0.5, 0.6) is 0 Å². The monoisotopic (exact) mass is 378 g/mol. The van der Waals surface area contributed by atoms with Crippen molar-refractivity contribution in [3.05, 3.63) is 29.3 Å². The number of amides is 1. The van der Waals surface area contributed by atoms with Crippen molar-refractivity contribution in [1.82, 2.24) is 15.5 Å². The van der Waals surface area contributed by atoms with Gasteiger partial charge in [0.25, 0.3) is 0 Å². The van der Waals surface area contributed by atoms with Crippen LogP contribution in [0.3, 0.4) is 0 Å². The summed E-state index contributed by atoms with van der Waals surface area (Å²) < 4.78 is 5.66. The summed E-state index contributed by atoms with van der Waals surface area (Å²) in [6.07, 6.45) is 4.46. The summed E-state index contributed by atoms with van der Waals surface area (Å²) >= 11 is 1.73. The van der Waals surface area contributed by atoms with Crippen LogP contribution < -0.4 is 10.6 Å². The number of benzene rings is 1. The molecule has 1 amide bonds. The number of nitrogens with zero attached hydrogens (tertiary/aromatic N) is 2. The number of thioether (sulfide) groups is 1. The van der Waals surface area contributed by atoms with Crippen LogP contribution in [0, 0.1) is 6.92 Å². The highest BCUT2D eigenvalue weighted by atomic mass is 32.2. The Morgan fingerprint density at radius 3 is 2.85 bits per heavy atom. The molecular formula is C19H30N4O2S. The Morgan fingerprint density at radius 2 is 2.19 bits per heavy atom. The number of rotatable bonds is 7. The van der Waals surface area contributed by atoms with E-state index in [2.05, 4.69) is 47.0 Å². The fourth-order valence-corrected chi connectivity index (χ4v) is 3.35. The van der Waals surface area contributed by atoms with Crippen LogP contribution in [0.4, 0.5) is 0 Å². The number of carbonyl (C=O) groups excluding carboxylic acids is 1. The van der Waals surface area contributed by atoms with Crippen molar-refractivity contribution in [3.63, 3.8) is 0 Å². The summed E-state index contributed by atoms with van der Waals surface area (Å²) in [5.41, 5.74) is 2.42. The largest absolute Gasteiger partial charge is 0.376 e. The minimum absolute atomic E-state index is 0.0109. The molecule has 1 aromatic rings. The van der Waals surface area contributed by atoms with Crippen molar-refractivity contribution in [3.8, 4) is 0 Å². The molecule has 2 rings (SSSR count). The second-order valence-corrected chi connectivity index (χ2v) is 7.49. The molecule has 0 saturated carbocycles. The molecule has 0 radical (unpaired) electrons. The minimum atomic E-state index is 0.0109. The number of hydrogen-bond donors (Lipinski definition) is 2. The summed E-state index contributed by atoms with van der Waals surface area (Å²) in [5, 5.41) is 6.44. The van der Waals surface area contributed by atoms with Gasteiger partial charge in [-0.05, 0) is 43.2 Å². The molecule has 2 N–H and O–H groups in total. The second-order valence-electron chi connectivity index (χ2n) is 6.64. The van der Waals surface area contributed by atoms with Crippen molar-refractivity contribution >= 4 is 23.6 Å². The van der Waals surface area contributed by atoms with Crippen LogP contribution in [0.15, 0.2) is 28.1 Å². The van der Waals surface area contributed by atoms with Gasteiger partial charge in [0, 0.05) is 32.1 Å². The van der Waals surface area contributed by atoms with Gasteiger partial charge in [-0.2, -0.15) is 0 Å². The number of aryl methyl sites for hydroxylation is 1. The number of hydrogen-bond acceptors (Lipinski definition) is 4. The van der Waals surface area contributed by atoms with Gasteiger partial charge in [-0.3, -0.25) is 4.79 Å². The first kappa shape index (κ1) is 20.6. The molecule has 1 aliphatic heterocycles. The van der Waals surface area contributed by atoms with E-state index >= 15 is 0 Å². The van der Waals surface area contributed by atoms with Gasteiger partial charge in [0.05, 0.1) is 19.2 Å². The topological polar surface area (TPSA) is 66.0 Å². The first-order valence-corrected chi connectivity index (χ1v) is 10.2. The molecular weight excluding hydrogens is 348 g/mol. The van der Waals surface area contributed by atoms with Crippen molar-refractivity contribution in [2.75, 3.05) is 40.0 Å². The zero-order valence-corrected chi connectivity index (χ0v) is 17.0. The Kier molecular flexibility index (Phi) is 8.25. The lowest BCUT2D eigenvalue weighted by atomic mass is 10.1. The summed E-state index contributed by atoms with van der Waals surface area (Å²) in [4.78, 5) is 19.4. The molecule has 144 valence electrons. The Balaban J connectivity index is 2.02. The third-order valence-corrected chi connectivity index (χ3v) is 5.10. The summed E-state index contributed by atoms with van der Waals surface area (Å²) in [6.45, 7) is 4.40. The summed E-state index contributed by atoms with van der Waals surface area (Å²) in [5.74, 6) is 0.653. The fraction of sp³-hybridized carbons (Fsp3) is 0.579. The molecule has 0 aliphatic carbocycles. The molecule has 0 bridgehead atoms. The maximum absolute atomic E-state index is 11.9. The van der Waals surface area contributed by atoms with Crippen LogP contribution in [-0.2, 0) is 16.1 Å². The molecule has 0 aromatic heterocycles. The lowest BCUT2D eigenvalue weighted by Gasteiger charge is -2.17. The normalized spacial score (nSPS) is 17.2. The summed E-state index contributed by atoms with van der Waals surface area (Å²) in [6, 6.07) is 6.40. The van der Waals surface area contributed by atoms with Crippen LogP contribution in [-0.4, -0.2) is 62.9 Å². The number of ether oxygens (including phenoxy) is 1. The SMILES string of the molecule is CSc1cc(C)ccc1CN=C(NCC(=O)N(C)C)NCC1CCCO1. The highest BCUT2D eigenvalue weighted by Gasteiger charge is 2.16. The first-order valence-electron chi connectivity index (χ1n) is 8.97. The molecule has 1 saturated heterocycles. The van der Waals surface area contributed by atoms with Gasteiger partial charge in [-0.25, -0.2) is 4.99 Å². The maximum atomic E-state index is 11.9. The predicted molar refractivity (Wildman–Crippen MR) is 108 cm³/mol. The van der Waals surface area contributed by atoms with E-state index in [9.17, 15) is 4.79 Å². The Bertz CT molecular complexity index is 628. The van der Waals surface area contributed by atoms with Crippen molar-refractivity contribution in [1.29, 1.82) is 0 Å². The van der Waals surface area contributed by atoms with Gasteiger partial charge in [0.1, 0.15) is 0 Å².